The summed E-state index contributed by atoms with van der Waals surface area (Å²) in [6.45, 7) is 2.60. The molecule has 0 spiro atoms. The van der Waals surface area contributed by atoms with Gasteiger partial charge in [-0.05, 0) is 59.2 Å². The summed E-state index contributed by atoms with van der Waals surface area (Å²) < 4.78 is 5.49. The van der Waals surface area contributed by atoms with Crippen molar-refractivity contribution in [2.45, 2.75) is 19.5 Å². The number of ketones is 1. The lowest BCUT2D eigenvalue weighted by Crippen LogP contribution is -2.29. The summed E-state index contributed by atoms with van der Waals surface area (Å²) in [5.41, 5.74) is 2.08. The van der Waals surface area contributed by atoms with Crippen molar-refractivity contribution in [1.82, 2.24) is 9.88 Å². The number of ether oxygens (including phenoxy) is 1. The lowest BCUT2D eigenvalue weighted by molar-refractivity contribution is -0.140. The number of nitrogens with zero attached hydrogens (tertiary/aromatic N) is 2. The molecule has 1 saturated heterocycles. The van der Waals surface area contributed by atoms with Crippen molar-refractivity contribution in [1.29, 1.82) is 0 Å². The van der Waals surface area contributed by atoms with Crippen molar-refractivity contribution < 1.29 is 19.4 Å². The van der Waals surface area contributed by atoms with Crippen LogP contribution in [0.25, 0.3) is 16.5 Å². The van der Waals surface area contributed by atoms with E-state index in [-0.39, 0.29) is 17.9 Å². The van der Waals surface area contributed by atoms with Crippen molar-refractivity contribution in [3.8, 4) is 5.75 Å². The minimum absolute atomic E-state index is 0.0689. The molecule has 35 heavy (non-hydrogen) atoms. The predicted octanol–water partition coefficient (Wildman–Crippen LogP) is 5.26. The molecule has 0 radical (unpaired) electrons. The predicted molar refractivity (Wildman–Crippen MR) is 134 cm³/mol. The van der Waals surface area contributed by atoms with E-state index in [2.05, 4.69) is 4.98 Å². The van der Waals surface area contributed by atoms with Crippen molar-refractivity contribution in [2.24, 2.45) is 0 Å². The fourth-order valence-electron chi connectivity index (χ4n) is 4.57. The van der Waals surface area contributed by atoms with Crippen LogP contribution >= 0.6 is 0 Å². The molecule has 3 aromatic carbocycles. The van der Waals surface area contributed by atoms with E-state index in [0.29, 0.717) is 17.9 Å². The number of aliphatic hydroxyl groups excluding tert-OH is 1. The molecule has 1 aliphatic rings. The summed E-state index contributed by atoms with van der Waals surface area (Å²) >= 11 is 0. The molecule has 174 valence electrons. The molecule has 1 amide bonds. The average Bonchev–Trinajstić information content (AvgIpc) is 3.14. The highest BCUT2D eigenvalue weighted by Crippen LogP contribution is 2.42. The van der Waals surface area contributed by atoms with Gasteiger partial charge in [0.25, 0.3) is 11.7 Å². The van der Waals surface area contributed by atoms with Crippen LogP contribution < -0.4 is 4.74 Å². The smallest absolute Gasteiger partial charge is 0.295 e. The van der Waals surface area contributed by atoms with E-state index in [1.54, 1.807) is 42.7 Å². The summed E-state index contributed by atoms with van der Waals surface area (Å²) in [6, 6.07) is 23.3. The third kappa shape index (κ3) is 4.15. The van der Waals surface area contributed by atoms with Crippen LogP contribution in [0.2, 0.25) is 0 Å². The maximum Gasteiger partial charge on any atom is 0.295 e. The summed E-state index contributed by atoms with van der Waals surface area (Å²) in [6.07, 6.45) is 3.33. The number of carbonyl (C=O) groups excluding carboxylic acids is 2. The largest absolute Gasteiger partial charge is 0.507 e. The quantitative estimate of drug-likeness (QED) is 0.239. The van der Waals surface area contributed by atoms with Crippen LogP contribution in [0.15, 0.2) is 96.8 Å². The van der Waals surface area contributed by atoms with E-state index >= 15 is 0 Å². The first kappa shape index (κ1) is 22.3. The Morgan fingerprint density at radius 1 is 0.971 bits per heavy atom. The number of aliphatic hydroxyl groups is 1. The van der Waals surface area contributed by atoms with Gasteiger partial charge in [-0.2, -0.15) is 0 Å². The normalized spacial score (nSPS) is 17.2. The minimum atomic E-state index is -0.757. The fourth-order valence-corrected chi connectivity index (χ4v) is 4.57. The lowest BCUT2D eigenvalue weighted by atomic mass is 9.91. The summed E-state index contributed by atoms with van der Waals surface area (Å²) in [4.78, 5) is 32.3. The number of pyridine rings is 1. The molecule has 1 aromatic heterocycles. The highest BCUT2D eigenvalue weighted by Gasteiger charge is 2.46. The Morgan fingerprint density at radius 3 is 2.49 bits per heavy atom. The number of likely N-dealkylation sites (tertiary alicyclic amines) is 1. The van der Waals surface area contributed by atoms with Crippen molar-refractivity contribution in [2.75, 3.05) is 6.61 Å². The Hall–Kier alpha value is -4.45. The number of hydrogen-bond acceptors (Lipinski definition) is 5. The topological polar surface area (TPSA) is 79.7 Å². The summed E-state index contributed by atoms with van der Waals surface area (Å²) in [7, 11) is 0. The molecule has 6 nitrogen and oxygen atoms in total. The highest BCUT2D eigenvalue weighted by molar-refractivity contribution is 6.46. The monoisotopic (exact) mass is 464 g/mol. The molecule has 1 unspecified atom stereocenters. The van der Waals surface area contributed by atoms with Gasteiger partial charge in [-0.15, -0.1) is 0 Å². The van der Waals surface area contributed by atoms with Crippen molar-refractivity contribution in [3.05, 3.63) is 114 Å². The van der Waals surface area contributed by atoms with Crippen LogP contribution in [0.1, 0.15) is 29.7 Å². The number of amides is 1. The van der Waals surface area contributed by atoms with Gasteiger partial charge in [0.05, 0.1) is 18.2 Å². The molecule has 6 heteroatoms. The number of aromatic nitrogens is 1. The molecule has 4 aromatic rings. The van der Waals surface area contributed by atoms with Gasteiger partial charge >= 0.3 is 0 Å². The van der Waals surface area contributed by atoms with Crippen LogP contribution in [-0.2, 0) is 16.1 Å². The molecule has 1 atom stereocenters. The van der Waals surface area contributed by atoms with Gasteiger partial charge in [0.2, 0.25) is 0 Å². The standard InChI is InChI=1S/C29H24N2O4/c1-2-35-22-14-12-21(13-15-22)27(32)25-26(24-11-5-9-20-8-3-4-10-23(20)24)31(29(34)28(25)33)18-19-7-6-16-30-17-19/h3-17,26,32H,2,18H2,1H3/b27-25+. The zero-order valence-corrected chi connectivity index (χ0v) is 19.2. The number of rotatable bonds is 6. The summed E-state index contributed by atoms with van der Waals surface area (Å²) in [5.74, 6) is -0.915. The number of carbonyl (C=O) groups is 2. The maximum atomic E-state index is 13.4. The molecule has 0 bridgehead atoms. The molecule has 0 saturated carbocycles. The Balaban J connectivity index is 1.69. The fraction of sp³-hybridized carbons (Fsp3) is 0.138. The molecule has 0 aliphatic carbocycles. The minimum Gasteiger partial charge on any atom is -0.507 e. The Morgan fingerprint density at radius 2 is 1.74 bits per heavy atom. The molecule has 1 aliphatic heterocycles. The number of hydrogen-bond donors (Lipinski definition) is 1. The van der Waals surface area contributed by atoms with Crippen LogP contribution in [0.4, 0.5) is 0 Å². The maximum absolute atomic E-state index is 13.4. The van der Waals surface area contributed by atoms with Gasteiger partial charge in [0.15, 0.2) is 0 Å². The van der Waals surface area contributed by atoms with Crippen LogP contribution in [-0.4, -0.2) is 33.3 Å². The van der Waals surface area contributed by atoms with E-state index in [1.165, 1.54) is 4.90 Å². The number of benzene rings is 3. The van der Waals surface area contributed by atoms with Crippen LogP contribution in [0.5, 0.6) is 5.75 Å². The van der Waals surface area contributed by atoms with Crippen LogP contribution in [0.3, 0.4) is 0 Å². The van der Waals surface area contributed by atoms with Gasteiger partial charge in [-0.1, -0.05) is 48.5 Å². The molecule has 2 heterocycles. The SMILES string of the molecule is CCOc1ccc(/C(O)=C2\C(=O)C(=O)N(Cc3cccnc3)C2c2cccc3ccccc23)cc1. The van der Waals surface area contributed by atoms with Gasteiger partial charge in [0, 0.05) is 24.5 Å². The van der Waals surface area contributed by atoms with E-state index in [1.807, 2.05) is 55.5 Å². The lowest BCUT2D eigenvalue weighted by Gasteiger charge is -2.26. The second kappa shape index (κ2) is 9.43. The molecule has 1 fully saturated rings. The number of fused-ring (bicyclic) bond motifs is 1. The van der Waals surface area contributed by atoms with E-state index in [4.69, 9.17) is 4.74 Å². The molecular weight excluding hydrogens is 440 g/mol. The Labute approximate surface area is 203 Å². The van der Waals surface area contributed by atoms with Crippen LogP contribution in [0, 0.1) is 0 Å². The molecule has 1 N–H and O–H groups in total. The first-order chi connectivity index (χ1) is 17.1. The zero-order valence-electron chi connectivity index (χ0n) is 19.2. The first-order valence-corrected chi connectivity index (χ1v) is 11.5. The first-order valence-electron chi connectivity index (χ1n) is 11.5. The summed E-state index contributed by atoms with van der Waals surface area (Å²) in [5, 5.41) is 13.2. The van der Waals surface area contributed by atoms with E-state index in [9.17, 15) is 14.7 Å². The van der Waals surface area contributed by atoms with E-state index < -0.39 is 17.7 Å². The second-order valence-electron chi connectivity index (χ2n) is 8.31. The van der Waals surface area contributed by atoms with Gasteiger partial charge in [-0.25, -0.2) is 0 Å². The third-order valence-corrected chi connectivity index (χ3v) is 6.17. The van der Waals surface area contributed by atoms with Crippen molar-refractivity contribution in [3.63, 3.8) is 0 Å². The number of Topliss-reactive ketones (excluding diaryl/α,β-unsaturated/α-hetero) is 1. The zero-order chi connectivity index (χ0) is 24.4. The van der Waals surface area contributed by atoms with Gasteiger partial charge in [0.1, 0.15) is 11.5 Å². The van der Waals surface area contributed by atoms with E-state index in [0.717, 1.165) is 21.9 Å². The molecular formula is C29H24N2O4. The Kier molecular flexibility index (Phi) is 6.02. The Bertz CT molecular complexity index is 1420. The third-order valence-electron chi connectivity index (χ3n) is 6.17. The van der Waals surface area contributed by atoms with Crippen molar-refractivity contribution >= 4 is 28.2 Å². The second-order valence-corrected chi connectivity index (χ2v) is 8.31. The van der Waals surface area contributed by atoms with Gasteiger partial charge in [-0.3, -0.25) is 14.6 Å². The van der Waals surface area contributed by atoms with Gasteiger partial charge < -0.3 is 14.7 Å². The molecule has 5 rings (SSSR count). The highest BCUT2D eigenvalue weighted by atomic mass is 16.5. The average molecular weight is 465 g/mol.